The van der Waals surface area contributed by atoms with E-state index in [9.17, 15) is 0 Å². The smallest absolute Gasteiger partial charge is 0.205 e. The molecular weight excluding hydrogens is 313 g/mol. The van der Waals surface area contributed by atoms with Gasteiger partial charge in [0.1, 0.15) is 12.9 Å². The highest BCUT2D eigenvalue weighted by atomic mass is 127. The van der Waals surface area contributed by atoms with Crippen molar-refractivity contribution in [1.82, 2.24) is 9.55 Å². The van der Waals surface area contributed by atoms with Gasteiger partial charge in [0, 0.05) is 37.7 Å². The van der Waals surface area contributed by atoms with Crippen molar-refractivity contribution in [3.63, 3.8) is 0 Å². The van der Waals surface area contributed by atoms with E-state index in [1.807, 2.05) is 49.3 Å². The van der Waals surface area contributed by atoms with E-state index >= 15 is 0 Å². The van der Waals surface area contributed by atoms with Gasteiger partial charge in [0.05, 0.1) is 0 Å². The first kappa shape index (κ1) is 12.9. The topological polar surface area (TPSA) is 21.7 Å². The number of nitrogens with zero attached hydrogens (tertiary/aromatic N) is 3. The second kappa shape index (κ2) is 5.79. The lowest BCUT2D eigenvalue weighted by molar-refractivity contribution is -0.673. The minimum Gasteiger partial charge on any atom is -1.00 e. The quantitative estimate of drug-likeness (QED) is 0.482. The highest BCUT2D eigenvalue weighted by molar-refractivity contribution is 5.63. The van der Waals surface area contributed by atoms with Crippen molar-refractivity contribution in [3.05, 3.63) is 48.3 Å². The summed E-state index contributed by atoms with van der Waals surface area (Å²) in [7, 11) is 4.01. The fourth-order valence-electron chi connectivity index (χ4n) is 1.41. The molecule has 2 aromatic heterocycles. The number of halogens is 1. The van der Waals surface area contributed by atoms with E-state index in [4.69, 9.17) is 0 Å². The van der Waals surface area contributed by atoms with E-state index in [1.54, 1.807) is 6.20 Å². The molecule has 3 nitrogen and oxygen atoms in total. The largest absolute Gasteiger partial charge is 1.00 e. The third kappa shape index (κ3) is 2.91. The number of hydrogen-bond acceptors (Lipinski definition) is 1. The highest BCUT2D eigenvalue weighted by Crippen LogP contribution is 2.01. The zero-order chi connectivity index (χ0) is 10.7. The maximum Gasteiger partial charge on any atom is 0.205 e. The van der Waals surface area contributed by atoms with Crippen molar-refractivity contribution in [2.45, 2.75) is 0 Å². The fourth-order valence-corrected chi connectivity index (χ4v) is 1.41. The van der Waals surface area contributed by atoms with Crippen LogP contribution in [0.3, 0.4) is 0 Å². The minimum absolute atomic E-state index is 0. The van der Waals surface area contributed by atoms with Crippen LogP contribution in [-0.4, -0.2) is 9.55 Å². The van der Waals surface area contributed by atoms with Crippen molar-refractivity contribution in [1.29, 1.82) is 0 Å². The molecule has 16 heavy (non-hydrogen) atoms. The number of rotatable bonds is 2. The molecule has 0 aliphatic rings. The summed E-state index contributed by atoms with van der Waals surface area (Å²) < 4.78 is 4.05. The Balaban J connectivity index is 0.00000128. The second-order valence-corrected chi connectivity index (χ2v) is 3.47. The third-order valence-electron chi connectivity index (χ3n) is 2.36. The summed E-state index contributed by atoms with van der Waals surface area (Å²) in [5, 5.41) is 0. The normalized spacial score (nSPS) is 10.4. The lowest BCUT2D eigenvalue weighted by Crippen LogP contribution is -3.00. The summed E-state index contributed by atoms with van der Waals surface area (Å²) in [6.07, 6.45) is 9.82. The molecule has 0 saturated carbocycles. The van der Waals surface area contributed by atoms with Crippen LogP contribution in [0.1, 0.15) is 11.5 Å². The highest BCUT2D eigenvalue weighted by Gasteiger charge is 1.99. The third-order valence-corrected chi connectivity index (χ3v) is 2.36. The Morgan fingerprint density at radius 2 is 2.12 bits per heavy atom. The van der Waals surface area contributed by atoms with Gasteiger partial charge < -0.3 is 28.5 Å². The number of aromatic nitrogens is 3. The first-order valence-corrected chi connectivity index (χ1v) is 4.87. The van der Waals surface area contributed by atoms with Crippen LogP contribution in [0.5, 0.6) is 0 Å². The summed E-state index contributed by atoms with van der Waals surface area (Å²) in [5.74, 6) is 0.957. The predicted octanol–water partition coefficient (Wildman–Crippen LogP) is -1.58. The Labute approximate surface area is 112 Å². The molecule has 0 bridgehead atoms. The maximum atomic E-state index is 4.23. The van der Waals surface area contributed by atoms with Crippen molar-refractivity contribution in [3.8, 4) is 0 Å². The Morgan fingerprint density at radius 3 is 2.75 bits per heavy atom. The number of pyridine rings is 1. The first-order chi connectivity index (χ1) is 7.27. The van der Waals surface area contributed by atoms with Crippen molar-refractivity contribution in [2.75, 3.05) is 0 Å². The van der Waals surface area contributed by atoms with Crippen LogP contribution in [0.25, 0.3) is 12.2 Å². The summed E-state index contributed by atoms with van der Waals surface area (Å²) in [6.45, 7) is 0. The molecule has 2 heterocycles. The van der Waals surface area contributed by atoms with Gasteiger partial charge in [0.2, 0.25) is 5.69 Å². The zero-order valence-corrected chi connectivity index (χ0v) is 11.5. The van der Waals surface area contributed by atoms with Crippen LogP contribution < -0.4 is 28.5 Å². The van der Waals surface area contributed by atoms with Crippen LogP contribution in [-0.2, 0) is 14.1 Å². The van der Waals surface area contributed by atoms with Gasteiger partial charge in [-0.1, -0.05) is 0 Å². The van der Waals surface area contributed by atoms with Gasteiger partial charge in [-0.05, 0) is 12.1 Å². The Morgan fingerprint density at radius 1 is 1.31 bits per heavy atom. The predicted molar refractivity (Wildman–Crippen MR) is 59.8 cm³/mol. The number of hydrogen-bond donors (Lipinski definition) is 0. The lowest BCUT2D eigenvalue weighted by Gasteiger charge is -1.94. The molecule has 0 unspecified atom stereocenters. The maximum absolute atomic E-state index is 4.23. The number of aryl methyl sites for hydroxylation is 2. The minimum atomic E-state index is 0. The summed E-state index contributed by atoms with van der Waals surface area (Å²) in [6, 6.07) is 6.11. The SMILES string of the molecule is Cn1ccnc1/C=C/c1cccc[n+]1C.[I-]. The van der Waals surface area contributed by atoms with E-state index in [2.05, 4.69) is 21.7 Å². The van der Waals surface area contributed by atoms with Gasteiger partial charge in [-0.15, -0.1) is 0 Å². The van der Waals surface area contributed by atoms with Crippen LogP contribution in [0, 0.1) is 0 Å². The zero-order valence-electron chi connectivity index (χ0n) is 9.34. The van der Waals surface area contributed by atoms with Crippen molar-refractivity contribution >= 4 is 12.2 Å². The molecule has 0 radical (unpaired) electrons. The second-order valence-electron chi connectivity index (χ2n) is 3.47. The molecular formula is C12H14IN3. The molecule has 0 saturated heterocycles. The average Bonchev–Trinajstić information content (AvgIpc) is 2.63. The molecule has 0 aromatic carbocycles. The van der Waals surface area contributed by atoms with E-state index in [1.165, 1.54) is 0 Å². The van der Waals surface area contributed by atoms with Gasteiger partial charge in [-0.2, -0.15) is 0 Å². The van der Waals surface area contributed by atoms with Gasteiger partial charge >= 0.3 is 0 Å². The van der Waals surface area contributed by atoms with E-state index < -0.39 is 0 Å². The van der Waals surface area contributed by atoms with Crippen molar-refractivity contribution < 1.29 is 28.5 Å². The van der Waals surface area contributed by atoms with Gasteiger partial charge in [-0.25, -0.2) is 9.55 Å². The standard InChI is InChI=1S/C12H14N3.HI/c1-14-9-4-3-5-11(14)6-7-12-13-8-10-15(12)2;/h3-10H,1-2H3;1H/q+1;/p-1. The van der Waals surface area contributed by atoms with E-state index in [-0.39, 0.29) is 24.0 Å². The summed E-state index contributed by atoms with van der Waals surface area (Å²) in [5.41, 5.74) is 1.15. The molecule has 0 atom stereocenters. The fraction of sp³-hybridized carbons (Fsp3) is 0.167. The Bertz CT molecular complexity index is 489. The van der Waals surface area contributed by atoms with Crippen LogP contribution in [0.15, 0.2) is 36.8 Å². The van der Waals surface area contributed by atoms with Crippen LogP contribution >= 0.6 is 0 Å². The first-order valence-electron chi connectivity index (χ1n) is 4.87. The van der Waals surface area contributed by atoms with Crippen LogP contribution in [0.2, 0.25) is 0 Å². The molecule has 0 amide bonds. The molecule has 0 N–H and O–H groups in total. The molecule has 2 rings (SSSR count). The van der Waals surface area contributed by atoms with Gasteiger partial charge in [-0.3, -0.25) is 0 Å². The molecule has 0 spiro atoms. The number of imidazole rings is 1. The summed E-state index contributed by atoms with van der Waals surface area (Å²) >= 11 is 0. The molecule has 4 heteroatoms. The molecule has 0 aliphatic heterocycles. The Hall–Kier alpha value is -1.17. The molecule has 0 fully saturated rings. The van der Waals surface area contributed by atoms with E-state index in [0.29, 0.717) is 0 Å². The monoisotopic (exact) mass is 327 g/mol. The van der Waals surface area contributed by atoms with Gasteiger partial charge in [0.25, 0.3) is 0 Å². The molecule has 2 aromatic rings. The molecule has 84 valence electrons. The average molecular weight is 327 g/mol. The van der Waals surface area contributed by atoms with Gasteiger partial charge in [0.15, 0.2) is 6.20 Å². The summed E-state index contributed by atoms with van der Waals surface area (Å²) in [4.78, 5) is 4.23. The lowest BCUT2D eigenvalue weighted by atomic mass is 10.3. The van der Waals surface area contributed by atoms with Crippen LogP contribution in [0.4, 0.5) is 0 Å². The Kier molecular flexibility index (Phi) is 4.67. The molecule has 0 aliphatic carbocycles. The van der Waals surface area contributed by atoms with Crippen molar-refractivity contribution in [2.24, 2.45) is 14.1 Å². The van der Waals surface area contributed by atoms with E-state index in [0.717, 1.165) is 11.5 Å².